The largest absolute Gasteiger partial charge is 0.493 e. The van der Waals surface area contributed by atoms with Gasteiger partial charge in [-0.15, -0.1) is 0 Å². The zero-order chi connectivity index (χ0) is 20.4. The van der Waals surface area contributed by atoms with Crippen molar-refractivity contribution in [3.05, 3.63) is 56.9 Å². The lowest BCUT2D eigenvalue weighted by Crippen LogP contribution is -2.27. The first-order valence-corrected chi connectivity index (χ1v) is 9.90. The van der Waals surface area contributed by atoms with Crippen molar-refractivity contribution < 1.29 is 24.2 Å². The summed E-state index contributed by atoms with van der Waals surface area (Å²) in [4.78, 5) is 25.8. The fourth-order valence-corrected chi connectivity index (χ4v) is 4.56. The molecule has 9 heteroatoms. The molecule has 1 saturated heterocycles. The van der Waals surface area contributed by atoms with Gasteiger partial charge in [0.15, 0.2) is 15.8 Å². The summed E-state index contributed by atoms with van der Waals surface area (Å²) in [5.74, 6) is -0.313. The molecule has 1 aliphatic heterocycles. The Bertz CT molecular complexity index is 1020. The molecule has 1 aliphatic rings. The SMILES string of the molecule is COc1cc(/C=C2\SC(=S)N(c3cccc(C(=O)O)c3)C2=O)cc(Br)c1OC. The first-order valence-electron chi connectivity index (χ1n) is 7.88. The van der Waals surface area contributed by atoms with Crippen molar-refractivity contribution in [2.24, 2.45) is 0 Å². The van der Waals surface area contributed by atoms with Crippen molar-refractivity contribution in [3.63, 3.8) is 0 Å². The Morgan fingerprint density at radius 1 is 1.25 bits per heavy atom. The molecule has 0 radical (unpaired) electrons. The Hall–Kier alpha value is -2.36. The summed E-state index contributed by atoms with van der Waals surface area (Å²) in [5, 5.41) is 9.17. The molecule has 1 heterocycles. The van der Waals surface area contributed by atoms with E-state index in [2.05, 4.69) is 15.9 Å². The summed E-state index contributed by atoms with van der Waals surface area (Å²) in [6.07, 6.45) is 1.70. The van der Waals surface area contributed by atoms with E-state index >= 15 is 0 Å². The minimum atomic E-state index is -1.07. The highest BCUT2D eigenvalue weighted by molar-refractivity contribution is 9.10. The third-order valence-electron chi connectivity index (χ3n) is 3.90. The fourth-order valence-electron chi connectivity index (χ4n) is 2.64. The summed E-state index contributed by atoms with van der Waals surface area (Å²) < 4.78 is 11.6. The van der Waals surface area contributed by atoms with Crippen LogP contribution in [-0.2, 0) is 4.79 Å². The van der Waals surface area contributed by atoms with E-state index in [0.29, 0.717) is 30.9 Å². The molecule has 0 bridgehead atoms. The van der Waals surface area contributed by atoms with Crippen LogP contribution in [0.2, 0.25) is 0 Å². The van der Waals surface area contributed by atoms with Crippen LogP contribution in [0.15, 0.2) is 45.8 Å². The number of rotatable bonds is 5. The molecule has 3 rings (SSSR count). The first-order chi connectivity index (χ1) is 13.3. The maximum Gasteiger partial charge on any atom is 0.335 e. The average Bonchev–Trinajstić information content (AvgIpc) is 2.94. The van der Waals surface area contributed by atoms with E-state index in [0.717, 1.165) is 17.3 Å². The van der Waals surface area contributed by atoms with Gasteiger partial charge >= 0.3 is 5.97 Å². The first kappa shape index (κ1) is 20.4. The van der Waals surface area contributed by atoms with E-state index in [1.165, 1.54) is 24.1 Å². The monoisotopic (exact) mass is 479 g/mol. The molecular formula is C19H14BrNO5S2. The smallest absolute Gasteiger partial charge is 0.335 e. The average molecular weight is 480 g/mol. The number of anilines is 1. The number of halogens is 1. The number of aromatic carboxylic acids is 1. The van der Waals surface area contributed by atoms with Crippen LogP contribution < -0.4 is 14.4 Å². The van der Waals surface area contributed by atoms with E-state index in [1.54, 1.807) is 37.5 Å². The van der Waals surface area contributed by atoms with Gasteiger partial charge in [-0.25, -0.2) is 4.79 Å². The molecule has 2 aromatic carbocycles. The van der Waals surface area contributed by atoms with E-state index in [1.807, 2.05) is 0 Å². The van der Waals surface area contributed by atoms with Crippen LogP contribution >= 0.6 is 39.9 Å². The van der Waals surface area contributed by atoms with Crippen LogP contribution in [0.1, 0.15) is 15.9 Å². The van der Waals surface area contributed by atoms with Crippen LogP contribution in [0.4, 0.5) is 5.69 Å². The van der Waals surface area contributed by atoms with Crippen molar-refractivity contribution in [1.29, 1.82) is 0 Å². The summed E-state index contributed by atoms with van der Waals surface area (Å²) in [6.45, 7) is 0. The van der Waals surface area contributed by atoms with Crippen LogP contribution in [0, 0.1) is 0 Å². The van der Waals surface area contributed by atoms with Crippen LogP contribution in [-0.4, -0.2) is 35.5 Å². The highest BCUT2D eigenvalue weighted by atomic mass is 79.9. The Labute approximate surface area is 179 Å². The molecular weight excluding hydrogens is 466 g/mol. The molecule has 1 amide bonds. The van der Waals surface area contributed by atoms with Crippen molar-refractivity contribution >= 4 is 67.9 Å². The highest BCUT2D eigenvalue weighted by Gasteiger charge is 2.33. The molecule has 0 aromatic heterocycles. The Kier molecular flexibility index (Phi) is 6.07. The fraction of sp³-hybridized carbons (Fsp3) is 0.105. The molecule has 1 N–H and O–H groups in total. The molecule has 144 valence electrons. The van der Waals surface area contributed by atoms with Gasteiger partial charge in [-0.3, -0.25) is 9.69 Å². The van der Waals surface area contributed by atoms with Gasteiger partial charge in [-0.05, 0) is 57.9 Å². The molecule has 1 fully saturated rings. The zero-order valence-corrected chi connectivity index (χ0v) is 18.0. The summed E-state index contributed by atoms with van der Waals surface area (Å²) in [7, 11) is 3.07. The number of hydrogen-bond acceptors (Lipinski definition) is 6. The van der Waals surface area contributed by atoms with Crippen molar-refractivity contribution in [2.75, 3.05) is 19.1 Å². The topological polar surface area (TPSA) is 76.1 Å². The zero-order valence-electron chi connectivity index (χ0n) is 14.8. The van der Waals surface area contributed by atoms with E-state index in [9.17, 15) is 9.59 Å². The number of thioether (sulfide) groups is 1. The molecule has 28 heavy (non-hydrogen) atoms. The second kappa shape index (κ2) is 8.34. The standard InChI is InChI=1S/C19H14BrNO5S2/c1-25-14-7-10(6-13(20)16(14)26-2)8-15-17(22)21(19(27)28-15)12-5-3-4-11(9-12)18(23)24/h3-9H,1-2H3,(H,23,24)/b15-8-. The molecule has 2 aromatic rings. The minimum Gasteiger partial charge on any atom is -0.493 e. The second-order valence-electron chi connectivity index (χ2n) is 5.61. The maximum atomic E-state index is 12.9. The third kappa shape index (κ3) is 3.91. The minimum absolute atomic E-state index is 0.0827. The predicted molar refractivity (Wildman–Crippen MR) is 116 cm³/mol. The molecule has 0 spiro atoms. The summed E-state index contributed by atoms with van der Waals surface area (Å²) in [6, 6.07) is 9.66. The quantitative estimate of drug-likeness (QED) is 0.496. The number of carbonyl (C=O) groups is 2. The number of carboxylic acids is 1. The Morgan fingerprint density at radius 2 is 2.00 bits per heavy atom. The van der Waals surface area contributed by atoms with Crippen molar-refractivity contribution in [2.45, 2.75) is 0 Å². The number of thiocarbonyl (C=S) groups is 1. The number of nitrogens with zero attached hydrogens (tertiary/aromatic N) is 1. The van der Waals surface area contributed by atoms with Gasteiger partial charge in [0.1, 0.15) is 0 Å². The van der Waals surface area contributed by atoms with Crippen LogP contribution in [0.25, 0.3) is 6.08 Å². The Balaban J connectivity index is 1.97. The summed E-state index contributed by atoms with van der Waals surface area (Å²) in [5.41, 5.74) is 1.22. The summed E-state index contributed by atoms with van der Waals surface area (Å²) >= 11 is 9.92. The molecule has 0 unspecified atom stereocenters. The van der Waals surface area contributed by atoms with Crippen LogP contribution in [0.5, 0.6) is 11.5 Å². The highest BCUT2D eigenvalue weighted by Crippen LogP contribution is 2.40. The lowest BCUT2D eigenvalue weighted by Gasteiger charge is -2.15. The number of hydrogen-bond donors (Lipinski definition) is 1. The Morgan fingerprint density at radius 3 is 2.64 bits per heavy atom. The number of carbonyl (C=O) groups excluding carboxylic acids is 1. The van der Waals surface area contributed by atoms with Gasteiger partial charge in [-0.1, -0.05) is 30.0 Å². The maximum absolute atomic E-state index is 12.9. The second-order valence-corrected chi connectivity index (χ2v) is 8.14. The molecule has 0 atom stereocenters. The van der Waals surface area contributed by atoms with Gasteiger partial charge in [0, 0.05) is 0 Å². The number of benzene rings is 2. The van der Waals surface area contributed by atoms with E-state index in [-0.39, 0.29) is 11.5 Å². The van der Waals surface area contributed by atoms with Gasteiger partial charge in [0.05, 0.1) is 34.8 Å². The predicted octanol–water partition coefficient (Wildman–Crippen LogP) is 4.57. The molecule has 0 aliphatic carbocycles. The number of carboxylic acid groups (broad SMARTS) is 1. The lowest BCUT2D eigenvalue weighted by atomic mass is 10.1. The third-order valence-corrected chi connectivity index (χ3v) is 5.79. The molecule has 6 nitrogen and oxygen atoms in total. The van der Waals surface area contributed by atoms with E-state index < -0.39 is 5.97 Å². The number of methoxy groups -OCH3 is 2. The van der Waals surface area contributed by atoms with Gasteiger partial charge in [-0.2, -0.15) is 0 Å². The lowest BCUT2D eigenvalue weighted by molar-refractivity contribution is -0.113. The van der Waals surface area contributed by atoms with E-state index in [4.69, 9.17) is 26.8 Å². The van der Waals surface area contributed by atoms with Crippen LogP contribution in [0.3, 0.4) is 0 Å². The molecule has 0 saturated carbocycles. The van der Waals surface area contributed by atoms with Gasteiger partial charge < -0.3 is 14.6 Å². The van der Waals surface area contributed by atoms with Crippen molar-refractivity contribution in [3.8, 4) is 11.5 Å². The number of ether oxygens (including phenoxy) is 2. The normalized spacial score (nSPS) is 15.2. The van der Waals surface area contributed by atoms with Gasteiger partial charge in [0.25, 0.3) is 5.91 Å². The van der Waals surface area contributed by atoms with Gasteiger partial charge in [0.2, 0.25) is 0 Å². The van der Waals surface area contributed by atoms with Crippen molar-refractivity contribution in [1.82, 2.24) is 0 Å². The number of amides is 1.